The Hall–Kier alpha value is -3.02. The highest BCUT2D eigenvalue weighted by molar-refractivity contribution is 5.89. The van der Waals surface area contributed by atoms with Crippen molar-refractivity contribution in [2.45, 2.75) is 79.4 Å². The minimum absolute atomic E-state index is 0.0594. The number of hydrogen-bond donors (Lipinski definition) is 0. The van der Waals surface area contributed by atoms with Gasteiger partial charge in [0.1, 0.15) is 11.3 Å². The maximum atomic E-state index is 13.2. The van der Waals surface area contributed by atoms with Crippen LogP contribution in [0.4, 0.5) is 0 Å². The summed E-state index contributed by atoms with van der Waals surface area (Å²) in [6, 6.07) is 7.90. The number of rotatable bonds is 5. The third-order valence-corrected chi connectivity index (χ3v) is 7.57. The molecule has 1 saturated carbocycles. The fourth-order valence-electron chi connectivity index (χ4n) is 5.14. The number of hydrogen-bond acceptors (Lipinski definition) is 5. The molecule has 0 amide bonds. The van der Waals surface area contributed by atoms with Crippen LogP contribution < -0.4 is 20.6 Å². The summed E-state index contributed by atoms with van der Waals surface area (Å²) in [5, 5.41) is 2.16. The normalized spacial score (nSPS) is 20.4. The zero-order valence-corrected chi connectivity index (χ0v) is 22.8. The third kappa shape index (κ3) is 4.82. The number of ether oxygens (including phenoxy) is 2. The summed E-state index contributed by atoms with van der Waals surface area (Å²) in [7, 11) is 2.09. The van der Waals surface area contributed by atoms with E-state index in [9.17, 15) is 9.59 Å². The number of pyridine rings is 1. The predicted molar refractivity (Wildman–Crippen MR) is 144 cm³/mol. The molecule has 1 aliphatic heterocycles. The molecule has 1 aromatic carbocycles. The van der Waals surface area contributed by atoms with Gasteiger partial charge in [0.2, 0.25) is 0 Å². The van der Waals surface area contributed by atoms with Crippen LogP contribution in [0.2, 0.25) is 0 Å². The van der Waals surface area contributed by atoms with Crippen molar-refractivity contribution in [2.75, 3.05) is 20.2 Å². The van der Waals surface area contributed by atoms with Crippen LogP contribution >= 0.6 is 0 Å². The Labute approximate surface area is 214 Å². The smallest absolute Gasteiger partial charge is 0.343 e. The third-order valence-electron chi connectivity index (χ3n) is 7.57. The molecule has 0 radical (unpaired) electrons. The molecule has 0 spiro atoms. The van der Waals surface area contributed by atoms with Gasteiger partial charge in [0, 0.05) is 36.3 Å². The number of esters is 1. The van der Waals surface area contributed by atoms with Gasteiger partial charge in [-0.25, -0.2) is 4.79 Å². The highest BCUT2D eigenvalue weighted by atomic mass is 16.5. The topological polar surface area (TPSA) is 60.8 Å². The number of aromatic nitrogens is 1. The average molecular weight is 493 g/mol. The lowest BCUT2D eigenvalue weighted by Gasteiger charge is -2.43. The van der Waals surface area contributed by atoms with E-state index < -0.39 is 5.97 Å². The fourth-order valence-corrected chi connectivity index (χ4v) is 5.14. The van der Waals surface area contributed by atoms with Crippen molar-refractivity contribution in [3.63, 3.8) is 0 Å². The second-order valence-electron chi connectivity index (χ2n) is 11.2. The van der Waals surface area contributed by atoms with Gasteiger partial charge < -0.3 is 18.9 Å². The SMILES string of the molecule is CCOC(=O)c1cn2c(cc1=O)/C(=c1\cccc(OC3CCC3)\c1=C(/C)CC)N(C)CC2C(C)(C)C. The van der Waals surface area contributed by atoms with Crippen LogP contribution in [-0.2, 0) is 4.74 Å². The highest BCUT2D eigenvalue weighted by Crippen LogP contribution is 2.37. The van der Waals surface area contributed by atoms with Gasteiger partial charge in [0.05, 0.1) is 30.1 Å². The van der Waals surface area contributed by atoms with Gasteiger partial charge in [-0.15, -0.1) is 0 Å². The Balaban J connectivity index is 2.07. The van der Waals surface area contributed by atoms with Crippen LogP contribution in [0.25, 0.3) is 11.3 Å². The molecule has 0 saturated heterocycles. The zero-order valence-electron chi connectivity index (χ0n) is 22.8. The Kier molecular flexibility index (Phi) is 7.35. The van der Waals surface area contributed by atoms with Crippen molar-refractivity contribution >= 4 is 17.2 Å². The van der Waals surface area contributed by atoms with E-state index in [0.717, 1.165) is 53.4 Å². The van der Waals surface area contributed by atoms with E-state index in [4.69, 9.17) is 9.47 Å². The molecular formula is C30H40N2O4. The molecule has 2 aromatic rings. The number of carbonyl (C=O) groups excluding carboxylic acids is 1. The lowest BCUT2D eigenvalue weighted by molar-refractivity contribution is 0.0522. The van der Waals surface area contributed by atoms with Crippen LogP contribution in [0, 0.1) is 5.41 Å². The first-order valence-electron chi connectivity index (χ1n) is 13.2. The summed E-state index contributed by atoms with van der Waals surface area (Å²) in [4.78, 5) is 28.1. The minimum atomic E-state index is -0.572. The molecule has 4 rings (SSSR count). The molecule has 1 unspecified atom stereocenters. The van der Waals surface area contributed by atoms with Gasteiger partial charge in [-0.3, -0.25) is 4.79 Å². The maximum absolute atomic E-state index is 13.2. The maximum Gasteiger partial charge on any atom is 0.343 e. The van der Waals surface area contributed by atoms with Gasteiger partial charge in [-0.1, -0.05) is 45.4 Å². The second-order valence-corrected chi connectivity index (χ2v) is 11.2. The summed E-state index contributed by atoms with van der Waals surface area (Å²) >= 11 is 0. The molecule has 0 bridgehead atoms. The summed E-state index contributed by atoms with van der Waals surface area (Å²) < 4.78 is 13.8. The Morgan fingerprint density at radius 3 is 2.47 bits per heavy atom. The molecule has 6 heteroatoms. The molecule has 0 N–H and O–H groups in total. The summed E-state index contributed by atoms with van der Waals surface area (Å²) in [6.07, 6.45) is 6.27. The number of benzene rings is 1. The van der Waals surface area contributed by atoms with Gasteiger partial charge in [-0.05, 0) is 51.0 Å². The molecule has 1 atom stereocenters. The molecule has 2 heterocycles. The van der Waals surface area contributed by atoms with E-state index in [-0.39, 0.29) is 35.2 Å². The second kappa shape index (κ2) is 10.2. The van der Waals surface area contributed by atoms with Crippen LogP contribution in [-0.4, -0.2) is 41.7 Å². The molecule has 1 aromatic heterocycles. The molecule has 1 fully saturated rings. The Bertz CT molecular complexity index is 1330. The number of nitrogens with zero attached hydrogens (tertiary/aromatic N) is 2. The predicted octanol–water partition coefficient (Wildman–Crippen LogP) is 4.23. The van der Waals surface area contributed by atoms with Gasteiger partial charge >= 0.3 is 5.97 Å². The quantitative estimate of drug-likeness (QED) is 0.585. The van der Waals surface area contributed by atoms with E-state index in [1.165, 1.54) is 12.0 Å². The molecule has 1 aliphatic carbocycles. The van der Waals surface area contributed by atoms with Gasteiger partial charge in [0.15, 0.2) is 5.43 Å². The number of likely N-dealkylation sites (N-methyl/N-ethyl adjacent to an activating group) is 1. The molecule has 36 heavy (non-hydrogen) atoms. The monoisotopic (exact) mass is 492 g/mol. The molecule has 194 valence electrons. The Morgan fingerprint density at radius 2 is 1.89 bits per heavy atom. The van der Waals surface area contributed by atoms with Crippen molar-refractivity contribution in [3.8, 4) is 5.75 Å². The van der Waals surface area contributed by atoms with E-state index in [1.54, 1.807) is 19.2 Å². The van der Waals surface area contributed by atoms with E-state index in [2.05, 4.69) is 63.3 Å². The highest BCUT2D eigenvalue weighted by Gasteiger charge is 2.35. The molecule has 2 aliphatic rings. The van der Waals surface area contributed by atoms with Crippen LogP contribution in [0.3, 0.4) is 0 Å². The minimum Gasteiger partial charge on any atom is -0.490 e. The largest absolute Gasteiger partial charge is 0.490 e. The van der Waals surface area contributed by atoms with Crippen molar-refractivity contribution in [1.82, 2.24) is 9.47 Å². The molecule has 6 nitrogen and oxygen atoms in total. The number of carbonyl (C=O) groups is 1. The van der Waals surface area contributed by atoms with Crippen molar-refractivity contribution in [2.24, 2.45) is 5.41 Å². The lowest BCUT2D eigenvalue weighted by atomic mass is 9.84. The first kappa shape index (κ1) is 26.1. The first-order chi connectivity index (χ1) is 17.1. The van der Waals surface area contributed by atoms with Crippen molar-refractivity contribution in [1.29, 1.82) is 0 Å². The number of fused-ring (bicyclic) bond motifs is 1. The lowest BCUT2D eigenvalue weighted by Crippen LogP contribution is -2.46. The summed E-state index contributed by atoms with van der Waals surface area (Å²) in [5.74, 6) is 0.338. The van der Waals surface area contributed by atoms with Crippen LogP contribution in [0.1, 0.15) is 89.3 Å². The van der Waals surface area contributed by atoms with Crippen molar-refractivity contribution < 1.29 is 14.3 Å². The summed E-state index contributed by atoms with van der Waals surface area (Å²) in [6.45, 7) is 13.6. The zero-order chi connectivity index (χ0) is 26.2. The fraction of sp³-hybridized carbons (Fsp3) is 0.533. The van der Waals surface area contributed by atoms with E-state index >= 15 is 0 Å². The van der Waals surface area contributed by atoms with E-state index in [0.29, 0.717) is 0 Å². The standard InChI is InChI=1S/C30H40N2O4/c1-8-19(3)27-21(14-11-15-25(27)36-20-12-10-13-20)28-23-16-24(33)22(29(34)35-9-2)17-32(23)26(18-31(28)7)30(4,5)6/h11,14-17,20,26H,8-10,12-13,18H2,1-7H3/b27-19+,28-21-. The van der Waals surface area contributed by atoms with Gasteiger partial charge in [0.25, 0.3) is 0 Å². The van der Waals surface area contributed by atoms with Crippen LogP contribution in [0.5, 0.6) is 5.75 Å². The van der Waals surface area contributed by atoms with Crippen LogP contribution in [0.15, 0.2) is 35.3 Å². The Morgan fingerprint density at radius 1 is 1.17 bits per heavy atom. The molecular weight excluding hydrogens is 452 g/mol. The van der Waals surface area contributed by atoms with Crippen molar-refractivity contribution in [3.05, 3.63) is 62.4 Å². The first-order valence-corrected chi connectivity index (χ1v) is 13.2. The van der Waals surface area contributed by atoms with E-state index in [1.807, 2.05) is 6.07 Å². The van der Waals surface area contributed by atoms with Gasteiger partial charge in [-0.2, -0.15) is 0 Å². The summed E-state index contributed by atoms with van der Waals surface area (Å²) in [5.41, 5.74) is 2.70. The average Bonchev–Trinajstić information content (AvgIpc) is 2.79.